The molecular formula is C52H105N5O5. The molecule has 0 saturated heterocycles. The van der Waals surface area contributed by atoms with Crippen molar-refractivity contribution in [2.45, 2.75) is 271 Å². The third-order valence-electron chi connectivity index (χ3n) is 12.0. The normalized spacial score (nSPS) is 12.7. The third-order valence-corrected chi connectivity index (χ3v) is 12.0. The van der Waals surface area contributed by atoms with E-state index < -0.39 is 18.4 Å². The zero-order valence-corrected chi connectivity index (χ0v) is 41.9. The molecule has 0 aliphatic rings. The maximum Gasteiger partial charge on any atom is 0.410 e. The van der Waals surface area contributed by atoms with Gasteiger partial charge in [-0.05, 0) is 25.7 Å². The molecule has 62 heavy (non-hydrogen) atoms. The van der Waals surface area contributed by atoms with Gasteiger partial charge in [0.2, 0.25) is 12.2 Å². The maximum absolute atomic E-state index is 13.4. The van der Waals surface area contributed by atoms with E-state index in [1.165, 1.54) is 193 Å². The molecule has 0 aromatic carbocycles. The molecule has 0 aliphatic heterocycles. The van der Waals surface area contributed by atoms with Crippen LogP contribution >= 0.6 is 0 Å². The van der Waals surface area contributed by atoms with E-state index in [9.17, 15) is 9.59 Å². The number of ether oxygens (including phenoxy) is 3. The summed E-state index contributed by atoms with van der Waals surface area (Å²) in [4.78, 5) is 32.8. The number of hydrogen-bond donors (Lipinski definition) is 3. The van der Waals surface area contributed by atoms with Gasteiger partial charge >= 0.3 is 6.09 Å². The number of unbranched alkanes of at least 4 members (excludes halogenated alkanes) is 33. The lowest BCUT2D eigenvalue weighted by atomic mass is 10.1. The largest absolute Gasteiger partial charge is 0.417 e. The monoisotopic (exact) mass is 880 g/mol. The summed E-state index contributed by atoms with van der Waals surface area (Å²) in [6.45, 7) is 8.95. The predicted molar refractivity (Wildman–Crippen MR) is 265 cm³/mol. The number of hydrogen-bond acceptors (Lipinski definition) is 6. The molecule has 10 heteroatoms. The van der Waals surface area contributed by atoms with Crippen LogP contribution in [0.2, 0.25) is 0 Å². The van der Waals surface area contributed by atoms with Crippen molar-refractivity contribution >= 4 is 18.0 Å². The van der Waals surface area contributed by atoms with Crippen molar-refractivity contribution in [2.75, 3.05) is 47.0 Å². The lowest BCUT2D eigenvalue weighted by molar-refractivity contribution is -0.142. The standard InChI is InChI=1S/C52H105N5O5/c1-6-9-12-15-18-21-24-27-30-33-36-39-43-54-50(58)48(42-44-55-51(53)57(4)5)56-52(59)62-49(61-46-41-38-35-32-29-26-23-20-17-14-11-8-3)47-60-45-40-37-34-31-28-25-22-19-16-13-10-7-2/h48-49H,6-47H2,1-5H3,(H2,53,55)(H,54,58)(H,56,59). The highest BCUT2D eigenvalue weighted by Gasteiger charge is 2.24. The summed E-state index contributed by atoms with van der Waals surface area (Å²) in [5.41, 5.74) is 6.02. The van der Waals surface area contributed by atoms with Crippen LogP contribution in [0, 0.1) is 0 Å². The number of guanidine groups is 1. The van der Waals surface area contributed by atoms with Crippen LogP contribution in [0.3, 0.4) is 0 Å². The molecule has 0 aromatic heterocycles. The van der Waals surface area contributed by atoms with Gasteiger partial charge in [-0.2, -0.15) is 0 Å². The molecule has 2 amide bonds. The third kappa shape index (κ3) is 43.2. The molecule has 0 aliphatic carbocycles. The molecule has 0 radical (unpaired) electrons. The summed E-state index contributed by atoms with van der Waals surface area (Å²) in [5.74, 6) is 0.139. The van der Waals surface area contributed by atoms with Gasteiger partial charge in [0.25, 0.3) is 0 Å². The maximum atomic E-state index is 13.4. The van der Waals surface area contributed by atoms with E-state index in [4.69, 9.17) is 19.9 Å². The molecule has 0 spiro atoms. The molecule has 0 saturated carbocycles. The number of alkyl carbamates (subject to hydrolysis) is 1. The van der Waals surface area contributed by atoms with Crippen molar-refractivity contribution < 1.29 is 23.8 Å². The summed E-state index contributed by atoms with van der Waals surface area (Å²) in [7, 11) is 3.65. The fraction of sp³-hybridized carbons (Fsp3) is 0.942. The zero-order chi connectivity index (χ0) is 45.4. The Balaban J connectivity index is 4.89. The van der Waals surface area contributed by atoms with Crippen molar-refractivity contribution in [3.8, 4) is 0 Å². The zero-order valence-electron chi connectivity index (χ0n) is 41.9. The predicted octanol–water partition coefficient (Wildman–Crippen LogP) is 13.9. The first kappa shape index (κ1) is 59.9. The van der Waals surface area contributed by atoms with Crippen molar-refractivity contribution in [3.05, 3.63) is 0 Å². The average Bonchev–Trinajstić information content (AvgIpc) is 3.26. The van der Waals surface area contributed by atoms with Gasteiger partial charge in [-0.25, -0.2) is 4.79 Å². The van der Waals surface area contributed by atoms with E-state index in [0.717, 1.165) is 38.5 Å². The first-order valence-electron chi connectivity index (χ1n) is 26.8. The molecule has 0 heterocycles. The first-order chi connectivity index (χ1) is 30.3. The van der Waals surface area contributed by atoms with E-state index in [-0.39, 0.29) is 12.5 Å². The number of rotatable bonds is 48. The smallest absolute Gasteiger partial charge is 0.410 e. The molecular weight excluding hydrogens is 775 g/mol. The Hall–Kier alpha value is -2.07. The molecule has 2 atom stereocenters. The highest BCUT2D eigenvalue weighted by Crippen LogP contribution is 2.15. The molecule has 0 fully saturated rings. The van der Waals surface area contributed by atoms with Crippen LogP contribution in [0.4, 0.5) is 4.79 Å². The van der Waals surface area contributed by atoms with Gasteiger partial charge in [-0.15, -0.1) is 0 Å². The number of carbonyl (C=O) groups is 2. The topological polar surface area (TPSA) is 128 Å². The van der Waals surface area contributed by atoms with E-state index >= 15 is 0 Å². The number of nitrogens with one attached hydrogen (secondary N) is 2. The van der Waals surface area contributed by atoms with Gasteiger partial charge in [0.05, 0.1) is 6.61 Å². The second-order valence-electron chi connectivity index (χ2n) is 18.4. The minimum Gasteiger partial charge on any atom is -0.417 e. The minimum atomic E-state index is -0.841. The number of amides is 2. The van der Waals surface area contributed by atoms with Gasteiger partial charge in [-0.3, -0.25) is 9.79 Å². The number of nitrogens with two attached hydrogens (primary N) is 1. The SMILES string of the molecule is CCCCCCCCCCCCCCNC(=O)C(CCN=C(N)N(C)C)NC(=O)OC(COCCCCCCCCCCCCCC)OCCCCCCCCCCCCCC. The lowest BCUT2D eigenvalue weighted by Crippen LogP contribution is -2.48. The fourth-order valence-electron chi connectivity index (χ4n) is 7.81. The van der Waals surface area contributed by atoms with Gasteiger partial charge in [-0.1, -0.05) is 233 Å². The quantitative estimate of drug-likeness (QED) is 0.0240. The Bertz CT molecular complexity index is 983. The Morgan fingerprint density at radius 2 is 0.903 bits per heavy atom. The second-order valence-corrected chi connectivity index (χ2v) is 18.4. The van der Waals surface area contributed by atoms with Crippen LogP contribution in [0.1, 0.15) is 258 Å². The van der Waals surface area contributed by atoms with Crippen LogP contribution in [0.25, 0.3) is 0 Å². The highest BCUT2D eigenvalue weighted by molar-refractivity contribution is 5.85. The van der Waals surface area contributed by atoms with E-state index in [2.05, 4.69) is 36.4 Å². The van der Waals surface area contributed by atoms with E-state index in [1.807, 2.05) is 14.1 Å². The summed E-state index contributed by atoms with van der Waals surface area (Å²) < 4.78 is 17.9. The molecule has 368 valence electrons. The van der Waals surface area contributed by atoms with Crippen LogP contribution < -0.4 is 16.4 Å². The number of nitrogens with zero attached hydrogens (tertiary/aromatic N) is 2. The van der Waals surface area contributed by atoms with Gasteiger partial charge in [0, 0.05) is 33.8 Å². The Morgan fingerprint density at radius 1 is 0.532 bits per heavy atom. The molecule has 0 bridgehead atoms. The minimum absolute atomic E-state index is 0.170. The summed E-state index contributed by atoms with van der Waals surface area (Å²) in [5, 5.41) is 5.86. The molecule has 0 aromatic rings. The van der Waals surface area contributed by atoms with E-state index in [1.54, 1.807) is 4.90 Å². The van der Waals surface area contributed by atoms with Gasteiger partial charge in [0.1, 0.15) is 12.6 Å². The Morgan fingerprint density at radius 3 is 1.31 bits per heavy atom. The molecule has 0 rings (SSSR count). The highest BCUT2D eigenvalue weighted by atomic mass is 16.7. The lowest BCUT2D eigenvalue weighted by Gasteiger charge is -2.22. The fourth-order valence-corrected chi connectivity index (χ4v) is 7.81. The summed E-state index contributed by atoms with van der Waals surface area (Å²) in [6, 6.07) is -0.808. The molecule has 4 N–H and O–H groups in total. The van der Waals surface area contributed by atoms with E-state index in [0.29, 0.717) is 38.7 Å². The van der Waals surface area contributed by atoms with Crippen molar-refractivity contribution in [1.29, 1.82) is 0 Å². The number of aliphatic imine (C=N–C) groups is 1. The molecule has 10 nitrogen and oxygen atoms in total. The second kappa shape index (κ2) is 48.4. The van der Waals surface area contributed by atoms with Crippen molar-refractivity contribution in [1.82, 2.24) is 15.5 Å². The molecule has 2 unspecified atom stereocenters. The first-order valence-corrected chi connectivity index (χ1v) is 26.8. The van der Waals surface area contributed by atoms with Crippen LogP contribution in [0.5, 0.6) is 0 Å². The Labute approximate surface area is 384 Å². The van der Waals surface area contributed by atoms with Crippen molar-refractivity contribution in [2.24, 2.45) is 10.7 Å². The summed E-state index contributed by atoms with van der Waals surface area (Å²) in [6.07, 6.45) is 44.7. The van der Waals surface area contributed by atoms with Crippen molar-refractivity contribution in [3.63, 3.8) is 0 Å². The van der Waals surface area contributed by atoms with Crippen LogP contribution in [0.15, 0.2) is 4.99 Å². The number of carbonyl (C=O) groups excluding carboxylic acids is 2. The Kier molecular flexibility index (Phi) is 46.8. The summed E-state index contributed by atoms with van der Waals surface area (Å²) >= 11 is 0. The van der Waals surface area contributed by atoms with Gasteiger partial charge < -0.3 is 35.5 Å². The van der Waals surface area contributed by atoms with Crippen LogP contribution in [-0.2, 0) is 19.0 Å². The van der Waals surface area contributed by atoms with Crippen LogP contribution in [-0.4, -0.2) is 82.2 Å². The van der Waals surface area contributed by atoms with Gasteiger partial charge in [0.15, 0.2) is 5.96 Å². The average molecular weight is 880 g/mol.